The Labute approximate surface area is 104 Å². The van der Waals surface area contributed by atoms with Crippen LogP contribution in [-0.2, 0) is 0 Å². The maximum absolute atomic E-state index is 13.8. The van der Waals surface area contributed by atoms with E-state index in [9.17, 15) is 4.39 Å². The number of benzene rings is 1. The molecule has 1 aromatic rings. The van der Waals surface area contributed by atoms with Crippen molar-refractivity contribution in [3.8, 4) is 0 Å². The Morgan fingerprint density at radius 1 is 1.35 bits per heavy atom. The van der Waals surface area contributed by atoms with E-state index >= 15 is 0 Å². The molecule has 0 amide bonds. The lowest BCUT2D eigenvalue weighted by molar-refractivity contribution is 0.580. The second-order valence-electron chi connectivity index (χ2n) is 4.71. The highest BCUT2D eigenvalue weighted by atomic mass is 19.1. The number of rotatable bonds is 5. The molecule has 0 heterocycles. The highest BCUT2D eigenvalue weighted by Gasteiger charge is 2.18. The van der Waals surface area contributed by atoms with Crippen molar-refractivity contribution in [1.29, 1.82) is 0 Å². The molecular formula is C14H23FN2. The monoisotopic (exact) mass is 238 g/mol. The fourth-order valence-corrected chi connectivity index (χ4v) is 2.13. The third-order valence-corrected chi connectivity index (χ3v) is 3.23. The predicted molar refractivity (Wildman–Crippen MR) is 71.8 cm³/mol. The molecule has 1 unspecified atom stereocenters. The molecule has 0 aromatic heterocycles. The quantitative estimate of drug-likeness (QED) is 0.851. The van der Waals surface area contributed by atoms with Gasteiger partial charge in [0, 0.05) is 30.4 Å². The molecule has 0 aliphatic carbocycles. The molecule has 2 nitrogen and oxygen atoms in total. The molecule has 0 saturated heterocycles. The van der Waals surface area contributed by atoms with Gasteiger partial charge >= 0.3 is 0 Å². The van der Waals surface area contributed by atoms with Gasteiger partial charge in [0.15, 0.2) is 0 Å². The van der Waals surface area contributed by atoms with Crippen LogP contribution in [0.4, 0.5) is 10.1 Å². The van der Waals surface area contributed by atoms with Crippen LogP contribution in [0, 0.1) is 5.82 Å². The van der Waals surface area contributed by atoms with Crippen LogP contribution in [0.15, 0.2) is 18.2 Å². The average molecular weight is 238 g/mol. The molecule has 2 atom stereocenters. The van der Waals surface area contributed by atoms with Gasteiger partial charge in [0.25, 0.3) is 0 Å². The Morgan fingerprint density at radius 3 is 2.53 bits per heavy atom. The van der Waals surface area contributed by atoms with E-state index in [1.807, 2.05) is 20.0 Å². The molecule has 2 N–H and O–H groups in total. The Kier molecular flexibility index (Phi) is 4.94. The van der Waals surface area contributed by atoms with E-state index < -0.39 is 0 Å². The van der Waals surface area contributed by atoms with Gasteiger partial charge in [-0.3, -0.25) is 0 Å². The summed E-state index contributed by atoms with van der Waals surface area (Å²) in [6, 6.07) is 5.25. The van der Waals surface area contributed by atoms with Gasteiger partial charge in [-0.15, -0.1) is 0 Å². The van der Waals surface area contributed by atoms with Gasteiger partial charge in [-0.2, -0.15) is 0 Å². The summed E-state index contributed by atoms with van der Waals surface area (Å²) in [5.74, 6) is -0.215. The SMILES string of the molecule is CCCC(C)N(C)c1cccc(F)c1[C@@H](C)N. The highest BCUT2D eigenvalue weighted by molar-refractivity contribution is 5.55. The lowest BCUT2D eigenvalue weighted by atomic mass is 10.0. The van der Waals surface area contributed by atoms with Crippen molar-refractivity contribution in [3.05, 3.63) is 29.6 Å². The molecule has 1 aromatic carbocycles. The zero-order chi connectivity index (χ0) is 13.0. The molecule has 0 aliphatic rings. The minimum Gasteiger partial charge on any atom is -0.372 e. The second-order valence-corrected chi connectivity index (χ2v) is 4.71. The van der Waals surface area contributed by atoms with E-state index in [2.05, 4.69) is 18.7 Å². The first-order chi connectivity index (χ1) is 7.99. The summed E-state index contributed by atoms with van der Waals surface area (Å²) in [6.45, 7) is 6.13. The Bertz CT molecular complexity index is 363. The van der Waals surface area contributed by atoms with Gasteiger partial charge in [-0.1, -0.05) is 19.4 Å². The highest BCUT2D eigenvalue weighted by Crippen LogP contribution is 2.28. The number of hydrogen-bond donors (Lipinski definition) is 1. The van der Waals surface area contributed by atoms with Crippen molar-refractivity contribution in [1.82, 2.24) is 0 Å². The van der Waals surface area contributed by atoms with Gasteiger partial charge in [-0.25, -0.2) is 4.39 Å². The zero-order valence-corrected chi connectivity index (χ0v) is 11.2. The van der Waals surface area contributed by atoms with Crippen molar-refractivity contribution in [2.75, 3.05) is 11.9 Å². The normalized spacial score (nSPS) is 14.5. The first-order valence-electron chi connectivity index (χ1n) is 6.25. The summed E-state index contributed by atoms with van der Waals surface area (Å²) in [7, 11) is 2.00. The van der Waals surface area contributed by atoms with E-state index in [0.29, 0.717) is 11.6 Å². The standard InChI is InChI=1S/C14H23FN2/c1-5-7-10(2)17(4)13-9-6-8-12(15)14(13)11(3)16/h6,8-11H,5,7,16H2,1-4H3/t10?,11-/m1/s1. The minimum absolute atomic E-state index is 0.215. The Hall–Kier alpha value is -1.09. The molecule has 0 saturated carbocycles. The van der Waals surface area contributed by atoms with Crippen molar-refractivity contribution in [3.63, 3.8) is 0 Å². The van der Waals surface area contributed by atoms with E-state index in [-0.39, 0.29) is 11.9 Å². The minimum atomic E-state index is -0.289. The number of anilines is 1. The second kappa shape index (κ2) is 6.01. The first-order valence-corrected chi connectivity index (χ1v) is 6.25. The summed E-state index contributed by atoms with van der Waals surface area (Å²) < 4.78 is 13.8. The van der Waals surface area contributed by atoms with Crippen LogP contribution in [-0.4, -0.2) is 13.1 Å². The summed E-state index contributed by atoms with van der Waals surface area (Å²) in [6.07, 6.45) is 2.21. The number of halogens is 1. The molecular weight excluding hydrogens is 215 g/mol. The third kappa shape index (κ3) is 3.19. The summed E-state index contributed by atoms with van der Waals surface area (Å²) in [5, 5.41) is 0. The topological polar surface area (TPSA) is 29.3 Å². The number of nitrogens with zero attached hydrogens (tertiary/aromatic N) is 1. The molecule has 0 aliphatic heterocycles. The van der Waals surface area contributed by atoms with Crippen molar-refractivity contribution < 1.29 is 4.39 Å². The maximum atomic E-state index is 13.8. The first kappa shape index (κ1) is 14.0. The van der Waals surface area contributed by atoms with Crippen LogP contribution in [0.25, 0.3) is 0 Å². The number of hydrogen-bond acceptors (Lipinski definition) is 2. The van der Waals surface area contributed by atoms with Gasteiger partial charge in [0.2, 0.25) is 0 Å². The van der Waals surface area contributed by atoms with E-state index in [4.69, 9.17) is 5.73 Å². The molecule has 0 fully saturated rings. The van der Waals surface area contributed by atoms with Crippen molar-refractivity contribution in [2.45, 2.75) is 45.7 Å². The lowest BCUT2D eigenvalue weighted by Gasteiger charge is -2.30. The maximum Gasteiger partial charge on any atom is 0.130 e. The molecule has 0 spiro atoms. The molecule has 1 rings (SSSR count). The summed E-state index contributed by atoms with van der Waals surface area (Å²) in [5.41, 5.74) is 7.37. The van der Waals surface area contributed by atoms with E-state index in [1.54, 1.807) is 6.07 Å². The van der Waals surface area contributed by atoms with Crippen LogP contribution in [0.1, 0.15) is 45.2 Å². The molecule has 96 valence electrons. The predicted octanol–water partition coefficient (Wildman–Crippen LogP) is 3.47. The average Bonchev–Trinajstić information content (AvgIpc) is 2.27. The Balaban J connectivity index is 3.08. The third-order valence-electron chi connectivity index (χ3n) is 3.23. The van der Waals surface area contributed by atoms with Crippen molar-refractivity contribution in [2.24, 2.45) is 5.73 Å². The Morgan fingerprint density at radius 2 is 2.00 bits per heavy atom. The van der Waals surface area contributed by atoms with Crippen LogP contribution in [0.2, 0.25) is 0 Å². The van der Waals surface area contributed by atoms with Gasteiger partial charge < -0.3 is 10.6 Å². The smallest absolute Gasteiger partial charge is 0.130 e. The number of nitrogens with two attached hydrogens (primary N) is 1. The fourth-order valence-electron chi connectivity index (χ4n) is 2.13. The van der Waals surface area contributed by atoms with Gasteiger partial charge in [0.1, 0.15) is 5.82 Å². The van der Waals surface area contributed by atoms with E-state index in [0.717, 1.165) is 18.5 Å². The lowest BCUT2D eigenvalue weighted by Crippen LogP contribution is -2.30. The molecule has 17 heavy (non-hydrogen) atoms. The molecule has 0 bridgehead atoms. The van der Waals surface area contributed by atoms with Gasteiger partial charge in [-0.05, 0) is 32.4 Å². The largest absolute Gasteiger partial charge is 0.372 e. The zero-order valence-electron chi connectivity index (χ0n) is 11.2. The summed E-state index contributed by atoms with van der Waals surface area (Å²) >= 11 is 0. The van der Waals surface area contributed by atoms with Gasteiger partial charge in [0.05, 0.1) is 0 Å². The van der Waals surface area contributed by atoms with Crippen LogP contribution in [0.3, 0.4) is 0 Å². The fraction of sp³-hybridized carbons (Fsp3) is 0.571. The van der Waals surface area contributed by atoms with Crippen LogP contribution in [0.5, 0.6) is 0 Å². The summed E-state index contributed by atoms with van der Waals surface area (Å²) in [4.78, 5) is 2.12. The van der Waals surface area contributed by atoms with E-state index in [1.165, 1.54) is 6.07 Å². The van der Waals surface area contributed by atoms with Crippen LogP contribution < -0.4 is 10.6 Å². The van der Waals surface area contributed by atoms with Crippen molar-refractivity contribution >= 4 is 5.69 Å². The van der Waals surface area contributed by atoms with Crippen LogP contribution >= 0.6 is 0 Å². The molecule has 3 heteroatoms. The molecule has 0 radical (unpaired) electrons.